The number of carbonyl (C=O) groups excluding carboxylic acids is 1. The largest absolute Gasteiger partial charge is 0.504 e. The highest BCUT2D eigenvalue weighted by Crippen LogP contribution is 2.32. The lowest BCUT2D eigenvalue weighted by Gasteiger charge is -2.10. The van der Waals surface area contributed by atoms with Crippen LogP contribution in [-0.4, -0.2) is 30.9 Å². The van der Waals surface area contributed by atoms with E-state index in [9.17, 15) is 9.90 Å². The number of rotatable bonds is 6. The summed E-state index contributed by atoms with van der Waals surface area (Å²) < 4.78 is 11.3. The zero-order valence-electron chi connectivity index (χ0n) is 14.2. The lowest BCUT2D eigenvalue weighted by Crippen LogP contribution is -2.24. The predicted molar refractivity (Wildman–Crippen MR) is 99.5 cm³/mol. The van der Waals surface area contributed by atoms with Crippen molar-refractivity contribution in [1.29, 1.82) is 0 Å². The number of hydrogen-bond donors (Lipinski definition) is 2. The van der Waals surface area contributed by atoms with E-state index in [-0.39, 0.29) is 12.4 Å². The van der Waals surface area contributed by atoms with Crippen molar-refractivity contribution in [3.63, 3.8) is 0 Å². The number of aromatic hydroxyl groups is 1. The number of carbonyl (C=O) groups is 1. The van der Waals surface area contributed by atoms with Gasteiger partial charge < -0.3 is 14.6 Å². The number of benzene rings is 2. The van der Waals surface area contributed by atoms with E-state index in [1.54, 1.807) is 12.1 Å². The van der Waals surface area contributed by atoms with Crippen molar-refractivity contribution >= 4 is 28.1 Å². The average molecular weight is 407 g/mol. The predicted octanol–water partition coefficient (Wildman–Crippen LogP) is 3.31. The number of nitrogens with zero attached hydrogens (tertiary/aromatic N) is 1. The number of phenolic OH excluding ortho intramolecular Hbond substituents is 1. The van der Waals surface area contributed by atoms with Crippen molar-refractivity contribution < 1.29 is 19.4 Å². The van der Waals surface area contributed by atoms with E-state index in [0.717, 1.165) is 11.1 Å². The summed E-state index contributed by atoms with van der Waals surface area (Å²) >= 11 is 3.31. The summed E-state index contributed by atoms with van der Waals surface area (Å²) in [4.78, 5) is 11.8. The molecule has 0 aromatic heterocycles. The number of amides is 1. The first-order valence-electron chi connectivity index (χ1n) is 7.49. The Morgan fingerprint density at radius 1 is 1.32 bits per heavy atom. The molecule has 25 heavy (non-hydrogen) atoms. The summed E-state index contributed by atoms with van der Waals surface area (Å²) in [5.74, 6) is 0.503. The van der Waals surface area contributed by atoms with Crippen LogP contribution in [0.5, 0.6) is 17.2 Å². The molecular weight excluding hydrogens is 388 g/mol. The Balaban J connectivity index is 1.95. The van der Waals surface area contributed by atoms with E-state index in [2.05, 4.69) is 26.5 Å². The molecule has 0 fully saturated rings. The number of hydrazone groups is 1. The smallest absolute Gasteiger partial charge is 0.277 e. The van der Waals surface area contributed by atoms with Crippen LogP contribution in [0.25, 0.3) is 0 Å². The second-order valence-electron chi connectivity index (χ2n) is 5.33. The lowest BCUT2D eigenvalue weighted by molar-refractivity contribution is -0.123. The second-order valence-corrected chi connectivity index (χ2v) is 6.24. The van der Waals surface area contributed by atoms with Crippen molar-refractivity contribution in [2.24, 2.45) is 5.10 Å². The molecule has 0 saturated heterocycles. The molecule has 0 bridgehead atoms. The summed E-state index contributed by atoms with van der Waals surface area (Å²) in [6, 6.07) is 8.94. The fraction of sp³-hybridized carbons (Fsp3) is 0.222. The lowest BCUT2D eigenvalue weighted by atomic mass is 10.1. The van der Waals surface area contributed by atoms with Crippen LogP contribution in [-0.2, 0) is 4.79 Å². The molecule has 0 aliphatic carbocycles. The SMILES string of the molecule is COc1cc(Br)cc(C=NNC(=O)COc2cccc(C)c2C)c1O. The minimum Gasteiger partial charge on any atom is -0.504 e. The van der Waals surface area contributed by atoms with Crippen LogP contribution in [0.15, 0.2) is 39.9 Å². The molecule has 132 valence electrons. The third kappa shape index (κ3) is 4.96. The molecule has 2 aromatic carbocycles. The van der Waals surface area contributed by atoms with Crippen LogP contribution >= 0.6 is 15.9 Å². The van der Waals surface area contributed by atoms with Gasteiger partial charge in [-0.05, 0) is 43.2 Å². The Labute approximate surface area is 154 Å². The first kappa shape index (κ1) is 18.8. The molecule has 6 nitrogen and oxygen atoms in total. The third-order valence-electron chi connectivity index (χ3n) is 3.60. The first-order valence-corrected chi connectivity index (χ1v) is 8.29. The van der Waals surface area contributed by atoms with Gasteiger partial charge in [-0.3, -0.25) is 4.79 Å². The Morgan fingerprint density at radius 3 is 2.80 bits per heavy atom. The molecule has 0 aliphatic rings. The second kappa shape index (κ2) is 8.53. The van der Waals surface area contributed by atoms with E-state index < -0.39 is 5.91 Å². The number of aryl methyl sites for hydroxylation is 1. The van der Waals surface area contributed by atoms with Crippen LogP contribution < -0.4 is 14.9 Å². The van der Waals surface area contributed by atoms with Gasteiger partial charge in [0, 0.05) is 10.0 Å². The van der Waals surface area contributed by atoms with Gasteiger partial charge in [0.25, 0.3) is 5.91 Å². The molecule has 2 aromatic rings. The molecule has 1 amide bonds. The third-order valence-corrected chi connectivity index (χ3v) is 4.05. The number of phenols is 1. The topological polar surface area (TPSA) is 80.2 Å². The highest BCUT2D eigenvalue weighted by atomic mass is 79.9. The molecule has 0 heterocycles. The highest BCUT2D eigenvalue weighted by Gasteiger charge is 2.09. The van der Waals surface area contributed by atoms with E-state index in [1.807, 2.05) is 32.0 Å². The van der Waals surface area contributed by atoms with Gasteiger partial charge in [0.15, 0.2) is 18.1 Å². The van der Waals surface area contributed by atoms with Crippen molar-refractivity contribution in [3.8, 4) is 17.2 Å². The minimum atomic E-state index is -0.404. The maximum Gasteiger partial charge on any atom is 0.277 e. The fourth-order valence-corrected chi connectivity index (χ4v) is 2.53. The van der Waals surface area contributed by atoms with Gasteiger partial charge in [0.05, 0.1) is 13.3 Å². The number of hydrogen-bond acceptors (Lipinski definition) is 5. The van der Waals surface area contributed by atoms with Crippen molar-refractivity contribution in [2.45, 2.75) is 13.8 Å². The maximum absolute atomic E-state index is 11.8. The van der Waals surface area contributed by atoms with Crippen LogP contribution in [0.3, 0.4) is 0 Å². The quantitative estimate of drug-likeness (QED) is 0.569. The molecule has 7 heteroatoms. The zero-order valence-corrected chi connectivity index (χ0v) is 15.8. The summed E-state index contributed by atoms with van der Waals surface area (Å²) in [5, 5.41) is 13.8. The summed E-state index contributed by atoms with van der Waals surface area (Å²) in [7, 11) is 1.45. The molecule has 0 unspecified atom stereocenters. The molecule has 0 atom stereocenters. The number of ether oxygens (including phenoxy) is 2. The minimum absolute atomic E-state index is 0.0599. The Morgan fingerprint density at radius 2 is 2.08 bits per heavy atom. The molecule has 0 spiro atoms. The Kier molecular flexibility index (Phi) is 6.41. The highest BCUT2D eigenvalue weighted by molar-refractivity contribution is 9.10. The van der Waals surface area contributed by atoms with Crippen LogP contribution in [0, 0.1) is 13.8 Å². The van der Waals surface area contributed by atoms with Crippen molar-refractivity contribution in [2.75, 3.05) is 13.7 Å². The van der Waals surface area contributed by atoms with E-state index in [4.69, 9.17) is 9.47 Å². The van der Waals surface area contributed by atoms with E-state index in [1.165, 1.54) is 13.3 Å². The fourth-order valence-electron chi connectivity index (χ4n) is 2.08. The number of nitrogens with one attached hydrogen (secondary N) is 1. The van der Waals surface area contributed by atoms with Crippen LogP contribution in [0.4, 0.5) is 0 Å². The molecule has 0 aliphatic heterocycles. The summed E-state index contributed by atoms with van der Waals surface area (Å²) in [6.45, 7) is 3.75. The summed E-state index contributed by atoms with van der Waals surface area (Å²) in [5.41, 5.74) is 4.85. The summed E-state index contributed by atoms with van der Waals surface area (Å²) in [6.07, 6.45) is 1.33. The van der Waals surface area contributed by atoms with Gasteiger partial charge in [-0.2, -0.15) is 5.10 Å². The first-order chi connectivity index (χ1) is 11.9. The Bertz CT molecular complexity index is 806. The molecule has 2 rings (SSSR count). The Hall–Kier alpha value is -2.54. The molecule has 0 radical (unpaired) electrons. The number of methoxy groups -OCH3 is 1. The van der Waals surface area contributed by atoms with Gasteiger partial charge in [0.1, 0.15) is 5.75 Å². The molecular formula is C18H19BrN2O4. The average Bonchev–Trinajstić information content (AvgIpc) is 2.58. The normalized spacial score (nSPS) is 10.7. The number of halogens is 1. The van der Waals surface area contributed by atoms with Gasteiger partial charge in [-0.25, -0.2) is 5.43 Å². The van der Waals surface area contributed by atoms with Gasteiger partial charge in [-0.1, -0.05) is 28.1 Å². The van der Waals surface area contributed by atoms with E-state index >= 15 is 0 Å². The van der Waals surface area contributed by atoms with Crippen LogP contribution in [0.1, 0.15) is 16.7 Å². The van der Waals surface area contributed by atoms with Gasteiger partial charge in [-0.15, -0.1) is 0 Å². The van der Waals surface area contributed by atoms with Gasteiger partial charge in [0.2, 0.25) is 0 Å². The standard InChI is InChI=1S/C18H19BrN2O4/c1-11-5-4-6-15(12(11)2)25-10-17(22)21-20-9-13-7-14(19)8-16(24-3)18(13)23/h4-9,23H,10H2,1-3H3,(H,21,22). The van der Waals surface area contributed by atoms with Crippen molar-refractivity contribution in [3.05, 3.63) is 51.5 Å². The maximum atomic E-state index is 11.8. The van der Waals surface area contributed by atoms with Gasteiger partial charge >= 0.3 is 0 Å². The van der Waals surface area contributed by atoms with Crippen LogP contribution in [0.2, 0.25) is 0 Å². The molecule has 0 saturated carbocycles. The monoisotopic (exact) mass is 406 g/mol. The molecule has 2 N–H and O–H groups in total. The zero-order chi connectivity index (χ0) is 18.4. The van der Waals surface area contributed by atoms with Crippen molar-refractivity contribution in [1.82, 2.24) is 5.43 Å². The van der Waals surface area contributed by atoms with E-state index in [0.29, 0.717) is 21.5 Å².